The summed E-state index contributed by atoms with van der Waals surface area (Å²) >= 11 is 0. The van der Waals surface area contributed by atoms with E-state index in [1.165, 1.54) is 5.56 Å². The number of carbonyl (C=O) groups excluding carboxylic acids is 1. The molecule has 2 atom stereocenters. The molecule has 0 aliphatic carbocycles. The number of nitrogens with one attached hydrogen (secondary N) is 2. The molecule has 0 fully saturated rings. The first kappa shape index (κ1) is 17.2. The third kappa shape index (κ3) is 4.06. The van der Waals surface area contributed by atoms with Crippen molar-refractivity contribution < 1.29 is 4.79 Å². The maximum Gasteiger partial charge on any atom is 0.224 e. The maximum absolute atomic E-state index is 12.5. The van der Waals surface area contributed by atoms with Gasteiger partial charge < -0.3 is 10.2 Å². The van der Waals surface area contributed by atoms with Crippen molar-refractivity contribution in [1.29, 1.82) is 0 Å². The molecule has 0 aliphatic rings. The standard InChI is InChI=1S/C20H24N4O/c1-14(20(24(2)3)16-7-5-4-6-8-16)22-19(25)12-15-9-10-17-13-21-23-18(17)11-15/h4-11,13-14,20H,12H2,1-3H3,(H,21,23)(H,22,25)/t14-,20+/m0/s1. The largest absolute Gasteiger partial charge is 0.351 e. The molecule has 5 heteroatoms. The van der Waals surface area contributed by atoms with Gasteiger partial charge in [-0.3, -0.25) is 9.89 Å². The molecular formula is C20H24N4O. The summed E-state index contributed by atoms with van der Waals surface area (Å²) in [6, 6.07) is 16.3. The molecule has 0 bridgehead atoms. The lowest BCUT2D eigenvalue weighted by Crippen LogP contribution is -2.42. The Morgan fingerprint density at radius 3 is 2.68 bits per heavy atom. The van der Waals surface area contributed by atoms with Crippen LogP contribution in [0, 0.1) is 0 Å². The SMILES string of the molecule is C[C@H](NC(=O)Cc1ccc2cn[nH]c2c1)[C@H](c1ccccc1)N(C)C. The van der Waals surface area contributed by atoms with Crippen molar-refractivity contribution in [3.8, 4) is 0 Å². The first-order valence-corrected chi connectivity index (χ1v) is 8.47. The summed E-state index contributed by atoms with van der Waals surface area (Å²) in [7, 11) is 4.07. The lowest BCUT2D eigenvalue weighted by Gasteiger charge is -2.31. The molecule has 0 aliphatic heterocycles. The van der Waals surface area contributed by atoms with Gasteiger partial charge in [-0.1, -0.05) is 42.5 Å². The maximum atomic E-state index is 12.5. The zero-order valence-corrected chi connectivity index (χ0v) is 14.9. The monoisotopic (exact) mass is 336 g/mol. The van der Waals surface area contributed by atoms with Crippen molar-refractivity contribution in [2.24, 2.45) is 0 Å². The number of likely N-dealkylation sites (N-methyl/N-ethyl adjacent to an activating group) is 1. The normalized spacial score (nSPS) is 13.8. The number of fused-ring (bicyclic) bond motifs is 1. The smallest absolute Gasteiger partial charge is 0.224 e. The molecule has 1 heterocycles. The van der Waals surface area contributed by atoms with E-state index >= 15 is 0 Å². The molecule has 1 amide bonds. The van der Waals surface area contributed by atoms with Crippen LogP contribution in [0.1, 0.15) is 24.1 Å². The Bertz CT molecular complexity index is 841. The minimum atomic E-state index is 0.000727. The van der Waals surface area contributed by atoms with E-state index in [4.69, 9.17) is 0 Å². The highest BCUT2D eigenvalue weighted by atomic mass is 16.1. The predicted molar refractivity (Wildman–Crippen MR) is 100 cm³/mol. The number of hydrogen-bond donors (Lipinski definition) is 2. The van der Waals surface area contributed by atoms with Gasteiger partial charge in [-0.15, -0.1) is 0 Å². The van der Waals surface area contributed by atoms with Crippen LogP contribution in [-0.4, -0.2) is 41.1 Å². The molecule has 3 aromatic rings. The Morgan fingerprint density at radius 1 is 1.20 bits per heavy atom. The van der Waals surface area contributed by atoms with Gasteiger partial charge in [-0.25, -0.2) is 0 Å². The average molecular weight is 336 g/mol. The van der Waals surface area contributed by atoms with Gasteiger partial charge >= 0.3 is 0 Å². The van der Waals surface area contributed by atoms with Crippen LogP contribution < -0.4 is 5.32 Å². The number of benzene rings is 2. The first-order valence-electron chi connectivity index (χ1n) is 8.47. The molecule has 0 spiro atoms. The van der Waals surface area contributed by atoms with E-state index in [9.17, 15) is 4.79 Å². The highest BCUT2D eigenvalue weighted by Gasteiger charge is 2.22. The van der Waals surface area contributed by atoms with Crippen LogP contribution in [-0.2, 0) is 11.2 Å². The van der Waals surface area contributed by atoms with Gasteiger partial charge in [0.25, 0.3) is 0 Å². The molecule has 3 rings (SSSR count). The number of aromatic nitrogens is 2. The Labute approximate surface area is 148 Å². The van der Waals surface area contributed by atoms with Gasteiger partial charge in [0.15, 0.2) is 0 Å². The number of H-pyrrole nitrogens is 1. The second kappa shape index (κ2) is 7.49. The van der Waals surface area contributed by atoms with Crippen LogP contribution in [0.2, 0.25) is 0 Å². The molecule has 0 saturated heterocycles. The van der Waals surface area contributed by atoms with E-state index in [-0.39, 0.29) is 18.0 Å². The number of nitrogens with zero attached hydrogens (tertiary/aromatic N) is 2. The zero-order chi connectivity index (χ0) is 17.8. The summed E-state index contributed by atoms with van der Waals surface area (Å²) in [6.07, 6.45) is 2.14. The number of hydrogen-bond acceptors (Lipinski definition) is 3. The van der Waals surface area contributed by atoms with Gasteiger partial charge in [0.2, 0.25) is 5.91 Å². The van der Waals surface area contributed by atoms with Gasteiger partial charge in [-0.2, -0.15) is 5.10 Å². The third-order valence-corrected chi connectivity index (χ3v) is 4.43. The first-order chi connectivity index (χ1) is 12.0. The number of carbonyl (C=O) groups is 1. The van der Waals surface area contributed by atoms with Gasteiger partial charge in [-0.05, 0) is 38.2 Å². The lowest BCUT2D eigenvalue weighted by molar-refractivity contribution is -0.121. The Morgan fingerprint density at radius 2 is 1.96 bits per heavy atom. The van der Waals surface area contributed by atoms with Crippen LogP contribution in [0.25, 0.3) is 10.9 Å². The molecule has 0 saturated carbocycles. The van der Waals surface area contributed by atoms with Crippen LogP contribution >= 0.6 is 0 Å². The minimum absolute atomic E-state index is 0.000727. The van der Waals surface area contributed by atoms with E-state index in [1.807, 2.05) is 57.4 Å². The third-order valence-electron chi connectivity index (χ3n) is 4.43. The number of aromatic amines is 1. The molecule has 0 unspecified atom stereocenters. The van der Waals surface area contributed by atoms with Crippen LogP contribution in [0.5, 0.6) is 0 Å². The van der Waals surface area contributed by atoms with E-state index in [0.717, 1.165) is 16.5 Å². The van der Waals surface area contributed by atoms with Gasteiger partial charge in [0.1, 0.15) is 0 Å². The van der Waals surface area contributed by atoms with Crippen molar-refractivity contribution in [3.63, 3.8) is 0 Å². The van der Waals surface area contributed by atoms with Crippen LogP contribution in [0.15, 0.2) is 54.7 Å². The summed E-state index contributed by atoms with van der Waals surface area (Å²) in [5.41, 5.74) is 3.12. The molecule has 25 heavy (non-hydrogen) atoms. The average Bonchev–Trinajstić information content (AvgIpc) is 3.03. The molecule has 2 N–H and O–H groups in total. The molecule has 130 valence electrons. The van der Waals surface area contributed by atoms with Crippen molar-refractivity contribution >= 4 is 16.8 Å². The molecule has 0 radical (unpaired) electrons. The Kier molecular flexibility index (Phi) is 5.14. The fourth-order valence-corrected chi connectivity index (χ4v) is 3.35. The van der Waals surface area contributed by atoms with E-state index in [0.29, 0.717) is 6.42 Å². The van der Waals surface area contributed by atoms with Crippen molar-refractivity contribution in [2.45, 2.75) is 25.4 Å². The lowest BCUT2D eigenvalue weighted by atomic mass is 9.99. The molecule has 1 aromatic heterocycles. The van der Waals surface area contributed by atoms with Crippen molar-refractivity contribution in [1.82, 2.24) is 20.4 Å². The molecule has 2 aromatic carbocycles. The minimum Gasteiger partial charge on any atom is -0.351 e. The van der Waals surface area contributed by atoms with E-state index in [1.54, 1.807) is 6.20 Å². The molecule has 5 nitrogen and oxygen atoms in total. The van der Waals surface area contributed by atoms with Crippen molar-refractivity contribution in [2.75, 3.05) is 14.1 Å². The molecular weight excluding hydrogens is 312 g/mol. The fourth-order valence-electron chi connectivity index (χ4n) is 3.35. The Hall–Kier alpha value is -2.66. The fraction of sp³-hybridized carbons (Fsp3) is 0.300. The highest BCUT2D eigenvalue weighted by molar-refractivity contribution is 5.82. The zero-order valence-electron chi connectivity index (χ0n) is 14.9. The summed E-state index contributed by atoms with van der Waals surface area (Å²) in [5.74, 6) is 0.0224. The summed E-state index contributed by atoms with van der Waals surface area (Å²) in [6.45, 7) is 2.05. The summed E-state index contributed by atoms with van der Waals surface area (Å²) < 4.78 is 0. The summed E-state index contributed by atoms with van der Waals surface area (Å²) in [4.78, 5) is 14.6. The second-order valence-corrected chi connectivity index (χ2v) is 6.64. The number of rotatable bonds is 6. The Balaban J connectivity index is 1.68. The summed E-state index contributed by atoms with van der Waals surface area (Å²) in [5, 5.41) is 11.1. The van der Waals surface area contributed by atoms with Gasteiger partial charge in [0.05, 0.1) is 24.2 Å². The predicted octanol–water partition coefficient (Wildman–Crippen LogP) is 2.91. The van der Waals surface area contributed by atoms with Crippen LogP contribution in [0.3, 0.4) is 0 Å². The van der Waals surface area contributed by atoms with Crippen LogP contribution in [0.4, 0.5) is 0 Å². The second-order valence-electron chi connectivity index (χ2n) is 6.64. The topological polar surface area (TPSA) is 61.0 Å². The van der Waals surface area contributed by atoms with Gasteiger partial charge in [0, 0.05) is 11.4 Å². The van der Waals surface area contributed by atoms with Crippen molar-refractivity contribution in [3.05, 3.63) is 65.9 Å². The number of amides is 1. The van der Waals surface area contributed by atoms with E-state index in [2.05, 4.69) is 32.5 Å². The highest BCUT2D eigenvalue weighted by Crippen LogP contribution is 2.22. The van der Waals surface area contributed by atoms with E-state index < -0.39 is 0 Å². The quantitative estimate of drug-likeness (QED) is 0.727.